The molecule has 0 bridgehead atoms. The van der Waals surface area contributed by atoms with Crippen LogP contribution in [0.25, 0.3) is 0 Å². The number of rotatable bonds is 3. The van der Waals surface area contributed by atoms with Gasteiger partial charge in [0.25, 0.3) is 0 Å². The third-order valence-electron chi connectivity index (χ3n) is 2.85. The van der Waals surface area contributed by atoms with E-state index in [1.807, 2.05) is 0 Å². The fourth-order valence-electron chi connectivity index (χ4n) is 1.84. The van der Waals surface area contributed by atoms with Crippen molar-refractivity contribution in [2.75, 3.05) is 5.33 Å². The van der Waals surface area contributed by atoms with Crippen molar-refractivity contribution in [1.29, 1.82) is 0 Å². The van der Waals surface area contributed by atoms with E-state index in [1.54, 1.807) is 11.3 Å². The molecular weight excluding hydrogens is 274 g/mol. The van der Waals surface area contributed by atoms with E-state index in [0.29, 0.717) is 0 Å². The molecule has 0 amide bonds. The van der Waals surface area contributed by atoms with E-state index < -0.39 is 0 Å². The van der Waals surface area contributed by atoms with Gasteiger partial charge in [0.1, 0.15) is 6.10 Å². The predicted octanol–water partition coefficient (Wildman–Crippen LogP) is 3.71. The minimum absolute atomic E-state index is 0.000656. The van der Waals surface area contributed by atoms with E-state index in [1.165, 1.54) is 5.01 Å². The molecule has 15 heavy (non-hydrogen) atoms. The largest absolute Gasteiger partial charge is 0.365 e. The van der Waals surface area contributed by atoms with Crippen molar-refractivity contribution >= 4 is 27.3 Å². The molecule has 2 nitrogen and oxygen atoms in total. The number of ether oxygens (including phenoxy) is 1. The maximum absolute atomic E-state index is 6.04. The zero-order valence-corrected chi connectivity index (χ0v) is 11.5. The van der Waals surface area contributed by atoms with E-state index in [0.717, 1.165) is 30.3 Å². The monoisotopic (exact) mass is 289 g/mol. The summed E-state index contributed by atoms with van der Waals surface area (Å²) in [5.41, 5.74) is 1.13. The van der Waals surface area contributed by atoms with Gasteiger partial charge < -0.3 is 4.74 Å². The Bertz CT molecular complexity index is 341. The molecule has 2 heterocycles. The van der Waals surface area contributed by atoms with Crippen LogP contribution >= 0.6 is 27.3 Å². The van der Waals surface area contributed by atoms with Gasteiger partial charge >= 0.3 is 0 Å². The van der Waals surface area contributed by atoms with Gasteiger partial charge in [-0.05, 0) is 26.2 Å². The molecule has 4 heteroatoms. The highest BCUT2D eigenvalue weighted by atomic mass is 79.9. The summed E-state index contributed by atoms with van der Waals surface area (Å²) in [7, 11) is 0. The zero-order valence-electron chi connectivity index (χ0n) is 9.12. The lowest BCUT2D eigenvalue weighted by molar-refractivity contribution is -0.0137. The Balaban J connectivity index is 2.07. The first-order valence-corrected chi connectivity index (χ1v) is 7.35. The van der Waals surface area contributed by atoms with Gasteiger partial charge in [-0.2, -0.15) is 0 Å². The Labute approximate surface area is 103 Å². The number of aryl methyl sites for hydroxylation is 1. The normalized spacial score (nSPS) is 31.0. The van der Waals surface area contributed by atoms with Crippen LogP contribution in [0, 0.1) is 0 Å². The molecule has 84 valence electrons. The van der Waals surface area contributed by atoms with Crippen LogP contribution in [0.2, 0.25) is 0 Å². The summed E-state index contributed by atoms with van der Waals surface area (Å²) in [6.07, 6.45) is 3.44. The summed E-state index contributed by atoms with van der Waals surface area (Å²) >= 11 is 5.25. The van der Waals surface area contributed by atoms with Gasteiger partial charge in [-0.25, -0.2) is 4.98 Å². The molecule has 1 aliphatic heterocycles. The Kier molecular flexibility index (Phi) is 3.48. The average Bonchev–Trinajstić information content (AvgIpc) is 2.84. The summed E-state index contributed by atoms with van der Waals surface area (Å²) in [5, 5.41) is 4.26. The van der Waals surface area contributed by atoms with Crippen LogP contribution < -0.4 is 0 Å². The minimum atomic E-state index is 0.000656. The van der Waals surface area contributed by atoms with Crippen LogP contribution in [0.15, 0.2) is 5.38 Å². The highest BCUT2D eigenvalue weighted by Crippen LogP contribution is 2.40. The van der Waals surface area contributed by atoms with Crippen molar-refractivity contribution in [2.45, 2.75) is 44.8 Å². The maximum Gasteiger partial charge on any atom is 0.101 e. The first kappa shape index (κ1) is 11.6. The molecule has 0 radical (unpaired) electrons. The van der Waals surface area contributed by atoms with E-state index in [9.17, 15) is 0 Å². The molecule has 0 saturated carbocycles. The number of thiazole rings is 1. The number of aromatic nitrogens is 1. The molecule has 1 aromatic rings. The first-order chi connectivity index (χ1) is 7.17. The minimum Gasteiger partial charge on any atom is -0.365 e. The Morgan fingerprint density at radius 2 is 2.53 bits per heavy atom. The maximum atomic E-state index is 6.04. The number of hydrogen-bond donors (Lipinski definition) is 0. The smallest absolute Gasteiger partial charge is 0.101 e. The standard InChI is InChI=1S/C11H16BrNOS/c1-3-10-13-8(6-15-10)9-4-5-11(2,7-12)14-9/h6,9H,3-5,7H2,1-2H3. The van der Waals surface area contributed by atoms with Crippen LogP contribution in [0.5, 0.6) is 0 Å². The highest BCUT2D eigenvalue weighted by Gasteiger charge is 2.36. The molecule has 2 unspecified atom stereocenters. The molecular formula is C11H16BrNOS. The van der Waals surface area contributed by atoms with Crippen LogP contribution in [-0.4, -0.2) is 15.9 Å². The second-order valence-corrected chi connectivity index (χ2v) is 5.75. The zero-order chi connectivity index (χ0) is 10.9. The lowest BCUT2D eigenvalue weighted by Crippen LogP contribution is -2.25. The van der Waals surface area contributed by atoms with Crippen molar-refractivity contribution in [3.63, 3.8) is 0 Å². The molecule has 1 aliphatic rings. The molecule has 0 N–H and O–H groups in total. The first-order valence-electron chi connectivity index (χ1n) is 5.35. The molecule has 0 aliphatic carbocycles. The van der Waals surface area contributed by atoms with Crippen molar-refractivity contribution < 1.29 is 4.74 Å². The van der Waals surface area contributed by atoms with Gasteiger partial charge in [0, 0.05) is 10.7 Å². The lowest BCUT2D eigenvalue weighted by atomic mass is 10.0. The molecule has 0 aromatic carbocycles. The number of nitrogens with zero attached hydrogens (tertiary/aromatic N) is 1. The molecule has 2 rings (SSSR count). The van der Waals surface area contributed by atoms with Crippen molar-refractivity contribution in [2.24, 2.45) is 0 Å². The quantitative estimate of drug-likeness (QED) is 0.792. The van der Waals surface area contributed by atoms with Crippen molar-refractivity contribution in [3.05, 3.63) is 16.1 Å². The van der Waals surface area contributed by atoms with E-state index >= 15 is 0 Å². The predicted molar refractivity (Wildman–Crippen MR) is 66.8 cm³/mol. The van der Waals surface area contributed by atoms with E-state index in [2.05, 4.69) is 40.1 Å². The van der Waals surface area contributed by atoms with Gasteiger partial charge in [-0.15, -0.1) is 11.3 Å². The Morgan fingerprint density at radius 3 is 3.07 bits per heavy atom. The van der Waals surface area contributed by atoms with Gasteiger partial charge in [0.2, 0.25) is 0 Å². The Morgan fingerprint density at radius 1 is 1.73 bits per heavy atom. The van der Waals surface area contributed by atoms with Crippen LogP contribution in [0.1, 0.15) is 43.5 Å². The molecule has 0 spiro atoms. The number of alkyl halides is 1. The van der Waals surface area contributed by atoms with E-state index in [-0.39, 0.29) is 11.7 Å². The summed E-state index contributed by atoms with van der Waals surface area (Å²) < 4.78 is 6.04. The van der Waals surface area contributed by atoms with Gasteiger partial charge in [0.15, 0.2) is 0 Å². The lowest BCUT2D eigenvalue weighted by Gasteiger charge is -2.21. The van der Waals surface area contributed by atoms with Crippen LogP contribution in [0.3, 0.4) is 0 Å². The molecule has 1 fully saturated rings. The van der Waals surface area contributed by atoms with Crippen molar-refractivity contribution in [1.82, 2.24) is 4.98 Å². The fourth-order valence-corrected chi connectivity index (χ4v) is 3.04. The third-order valence-corrected chi connectivity index (χ3v) is 5.04. The molecule has 2 atom stereocenters. The van der Waals surface area contributed by atoms with Crippen LogP contribution in [-0.2, 0) is 11.2 Å². The third kappa shape index (κ3) is 2.43. The van der Waals surface area contributed by atoms with Gasteiger partial charge in [0.05, 0.1) is 16.3 Å². The average molecular weight is 290 g/mol. The summed E-state index contributed by atoms with van der Waals surface area (Å²) in [5.74, 6) is 0. The molecule has 1 aromatic heterocycles. The summed E-state index contributed by atoms with van der Waals surface area (Å²) in [4.78, 5) is 4.59. The summed E-state index contributed by atoms with van der Waals surface area (Å²) in [6, 6.07) is 0. The summed E-state index contributed by atoms with van der Waals surface area (Å²) in [6.45, 7) is 4.30. The molecule has 1 saturated heterocycles. The fraction of sp³-hybridized carbons (Fsp3) is 0.727. The second-order valence-electron chi connectivity index (χ2n) is 4.25. The van der Waals surface area contributed by atoms with Crippen LogP contribution in [0.4, 0.5) is 0 Å². The number of halogens is 1. The van der Waals surface area contributed by atoms with Gasteiger partial charge in [-0.3, -0.25) is 0 Å². The Hall–Kier alpha value is 0.0700. The number of hydrogen-bond acceptors (Lipinski definition) is 3. The topological polar surface area (TPSA) is 22.1 Å². The van der Waals surface area contributed by atoms with E-state index in [4.69, 9.17) is 4.74 Å². The highest BCUT2D eigenvalue weighted by molar-refractivity contribution is 9.09. The SMILES string of the molecule is CCc1nc(C2CCC(C)(CBr)O2)cs1. The second kappa shape index (κ2) is 4.52. The van der Waals surface area contributed by atoms with Crippen molar-refractivity contribution in [3.8, 4) is 0 Å². The van der Waals surface area contributed by atoms with Gasteiger partial charge in [-0.1, -0.05) is 22.9 Å².